The number of allylic oxidation sites excluding steroid dienone is 2. The average molecular weight is 447 g/mol. The second-order valence-electron chi connectivity index (χ2n) is 8.03. The van der Waals surface area contributed by atoms with Crippen LogP contribution in [0.2, 0.25) is 0 Å². The lowest BCUT2D eigenvalue weighted by Gasteiger charge is -2.32. The second kappa shape index (κ2) is 8.20. The smallest absolute Gasteiger partial charge is 0.277 e. The number of aromatic nitrogens is 2. The van der Waals surface area contributed by atoms with Crippen LogP contribution in [0.3, 0.4) is 0 Å². The van der Waals surface area contributed by atoms with Crippen molar-refractivity contribution in [3.63, 3.8) is 0 Å². The quantitative estimate of drug-likeness (QED) is 0.619. The lowest BCUT2D eigenvalue weighted by molar-refractivity contribution is -0.116. The Morgan fingerprint density at radius 1 is 0.909 bits per heavy atom. The lowest BCUT2D eigenvalue weighted by Crippen LogP contribution is -2.30. The third kappa shape index (κ3) is 3.21. The number of hydrogen-bond donors (Lipinski definition) is 2. The summed E-state index contributed by atoms with van der Waals surface area (Å²) < 4.78 is 18.3. The van der Waals surface area contributed by atoms with Crippen LogP contribution in [-0.2, 0) is 4.79 Å². The summed E-state index contributed by atoms with van der Waals surface area (Å²) in [5, 5.41) is 6.54. The van der Waals surface area contributed by atoms with Crippen molar-refractivity contribution in [3.05, 3.63) is 75.2 Å². The van der Waals surface area contributed by atoms with Crippen molar-refractivity contribution >= 4 is 11.6 Å². The fourth-order valence-corrected chi connectivity index (χ4v) is 4.86. The predicted octanol–water partition coefficient (Wildman–Crippen LogP) is 3.76. The Bertz CT molecular complexity index is 1320. The maximum Gasteiger partial charge on any atom is 0.277 e. The number of anilines is 1. The number of aromatic amines is 1. The summed E-state index contributed by atoms with van der Waals surface area (Å²) in [6.45, 7) is 0. The highest BCUT2D eigenvalue weighted by Crippen LogP contribution is 2.50. The first-order valence-electron chi connectivity index (χ1n) is 10.8. The number of methoxy groups -OCH3 is 3. The molecular formula is C25H25N3O5. The van der Waals surface area contributed by atoms with Crippen molar-refractivity contribution in [2.45, 2.75) is 25.2 Å². The maximum atomic E-state index is 13.7. The first-order valence-corrected chi connectivity index (χ1v) is 10.8. The van der Waals surface area contributed by atoms with E-state index >= 15 is 0 Å². The van der Waals surface area contributed by atoms with Gasteiger partial charge in [0, 0.05) is 23.3 Å². The summed E-state index contributed by atoms with van der Waals surface area (Å²) in [5.41, 5.74) is 3.07. The summed E-state index contributed by atoms with van der Waals surface area (Å²) in [4.78, 5) is 26.9. The molecule has 3 aromatic rings. The Hall–Kier alpha value is -3.94. The van der Waals surface area contributed by atoms with Gasteiger partial charge in [0.2, 0.25) is 5.75 Å². The SMILES string of the molecule is COc1ccc([C@@H]2C3=C(CCCC3=O)Nc3[nH]n(-c4ccccc4)c(=O)c32)c(OC)c1OC. The third-order valence-corrected chi connectivity index (χ3v) is 6.30. The van der Waals surface area contributed by atoms with Gasteiger partial charge in [-0.05, 0) is 31.0 Å². The molecule has 2 aromatic carbocycles. The van der Waals surface area contributed by atoms with Crippen LogP contribution in [0.25, 0.3) is 5.69 Å². The second-order valence-corrected chi connectivity index (χ2v) is 8.03. The van der Waals surface area contributed by atoms with Crippen LogP contribution in [0.4, 0.5) is 5.82 Å². The number of hydrogen-bond acceptors (Lipinski definition) is 6. The molecule has 2 heterocycles. The van der Waals surface area contributed by atoms with Crippen LogP contribution in [0.5, 0.6) is 17.2 Å². The summed E-state index contributed by atoms with van der Waals surface area (Å²) in [6, 6.07) is 13.0. The van der Waals surface area contributed by atoms with Gasteiger partial charge < -0.3 is 19.5 Å². The van der Waals surface area contributed by atoms with E-state index in [2.05, 4.69) is 10.4 Å². The number of ketones is 1. The largest absolute Gasteiger partial charge is 0.493 e. The Morgan fingerprint density at radius 2 is 1.67 bits per heavy atom. The van der Waals surface area contributed by atoms with E-state index in [1.54, 1.807) is 20.3 Å². The highest BCUT2D eigenvalue weighted by atomic mass is 16.5. The van der Waals surface area contributed by atoms with Crippen LogP contribution in [-0.4, -0.2) is 36.9 Å². The minimum absolute atomic E-state index is 0.0306. The van der Waals surface area contributed by atoms with Crippen molar-refractivity contribution in [1.82, 2.24) is 9.78 Å². The van der Waals surface area contributed by atoms with Crippen LogP contribution >= 0.6 is 0 Å². The molecule has 33 heavy (non-hydrogen) atoms. The molecule has 0 unspecified atom stereocenters. The maximum absolute atomic E-state index is 13.7. The van der Waals surface area contributed by atoms with Gasteiger partial charge in [-0.1, -0.05) is 24.3 Å². The average Bonchev–Trinajstić information content (AvgIpc) is 3.18. The predicted molar refractivity (Wildman–Crippen MR) is 124 cm³/mol. The summed E-state index contributed by atoms with van der Waals surface area (Å²) >= 11 is 0. The fraction of sp³-hybridized carbons (Fsp3) is 0.280. The van der Waals surface area contributed by atoms with Gasteiger partial charge in [0.25, 0.3) is 5.56 Å². The number of ether oxygens (including phenoxy) is 3. The van der Waals surface area contributed by atoms with Crippen LogP contribution in [0.1, 0.15) is 36.3 Å². The standard InChI is InChI=1S/C25H25N3O5/c1-31-18-13-12-15(22(32-2)23(18)33-3)19-20-16(10-7-11-17(20)29)26-24-21(19)25(30)28(27-24)14-8-5-4-6-9-14/h4-6,8-9,12-13,19,26-27H,7,10-11H2,1-3H3/t19-/m1/s1. The first kappa shape index (κ1) is 20.9. The molecule has 5 rings (SSSR count). The van der Waals surface area contributed by atoms with Gasteiger partial charge in [0.1, 0.15) is 5.82 Å². The number of H-pyrrole nitrogens is 1. The summed E-state index contributed by atoms with van der Waals surface area (Å²) in [5.74, 6) is 1.37. The minimum Gasteiger partial charge on any atom is -0.493 e. The molecule has 2 N–H and O–H groups in total. The molecule has 2 aliphatic rings. The van der Waals surface area contributed by atoms with Gasteiger partial charge >= 0.3 is 0 Å². The molecular weight excluding hydrogens is 422 g/mol. The van der Waals surface area contributed by atoms with Gasteiger partial charge in [-0.2, -0.15) is 0 Å². The van der Waals surface area contributed by atoms with Crippen molar-refractivity contribution in [2.75, 3.05) is 26.6 Å². The number of nitrogens with one attached hydrogen (secondary N) is 2. The van der Waals surface area contributed by atoms with E-state index in [1.165, 1.54) is 11.8 Å². The zero-order valence-corrected chi connectivity index (χ0v) is 18.7. The summed E-state index contributed by atoms with van der Waals surface area (Å²) in [6.07, 6.45) is 1.93. The van der Waals surface area contributed by atoms with Gasteiger partial charge in [-0.15, -0.1) is 0 Å². The number of carbonyl (C=O) groups excluding carboxylic acids is 1. The molecule has 0 bridgehead atoms. The fourth-order valence-electron chi connectivity index (χ4n) is 4.86. The highest BCUT2D eigenvalue weighted by molar-refractivity contribution is 6.01. The van der Waals surface area contributed by atoms with E-state index in [1.807, 2.05) is 36.4 Å². The van der Waals surface area contributed by atoms with Crippen molar-refractivity contribution in [3.8, 4) is 22.9 Å². The molecule has 0 amide bonds. The topological polar surface area (TPSA) is 94.6 Å². The van der Waals surface area contributed by atoms with E-state index in [4.69, 9.17) is 14.2 Å². The number of rotatable bonds is 5. The van der Waals surface area contributed by atoms with E-state index in [0.717, 1.165) is 18.5 Å². The number of benzene rings is 2. The molecule has 0 fully saturated rings. The van der Waals surface area contributed by atoms with Crippen molar-refractivity contribution < 1.29 is 19.0 Å². The lowest BCUT2D eigenvalue weighted by atomic mass is 9.76. The van der Waals surface area contributed by atoms with E-state index in [0.29, 0.717) is 51.9 Å². The van der Waals surface area contributed by atoms with Gasteiger partial charge in [0.05, 0.1) is 38.5 Å². The molecule has 8 nitrogen and oxygen atoms in total. The zero-order chi connectivity index (χ0) is 23.1. The number of fused-ring (bicyclic) bond motifs is 1. The molecule has 0 saturated heterocycles. The van der Waals surface area contributed by atoms with Crippen LogP contribution in [0.15, 0.2) is 58.5 Å². The number of nitrogens with zero attached hydrogens (tertiary/aromatic N) is 1. The first-order chi connectivity index (χ1) is 16.1. The van der Waals surface area contributed by atoms with E-state index in [-0.39, 0.29) is 11.3 Å². The Labute approximate surface area is 190 Å². The third-order valence-electron chi connectivity index (χ3n) is 6.30. The normalized spacial score (nSPS) is 17.2. The van der Waals surface area contributed by atoms with Crippen LogP contribution < -0.4 is 25.1 Å². The number of para-hydroxylation sites is 1. The zero-order valence-electron chi connectivity index (χ0n) is 18.7. The molecule has 170 valence electrons. The summed E-state index contributed by atoms with van der Waals surface area (Å²) in [7, 11) is 4.63. The molecule has 1 aromatic heterocycles. The monoisotopic (exact) mass is 447 g/mol. The Morgan fingerprint density at radius 3 is 2.36 bits per heavy atom. The van der Waals surface area contributed by atoms with Crippen molar-refractivity contribution in [2.24, 2.45) is 0 Å². The number of carbonyl (C=O) groups is 1. The molecule has 1 aliphatic carbocycles. The van der Waals surface area contributed by atoms with Gasteiger partial charge in [-0.25, -0.2) is 4.68 Å². The van der Waals surface area contributed by atoms with Crippen LogP contribution in [0, 0.1) is 0 Å². The van der Waals surface area contributed by atoms with E-state index in [9.17, 15) is 9.59 Å². The molecule has 1 atom stereocenters. The Kier molecular flexibility index (Phi) is 5.20. The molecule has 0 saturated carbocycles. The van der Waals surface area contributed by atoms with E-state index < -0.39 is 5.92 Å². The van der Waals surface area contributed by atoms with Gasteiger partial charge in [0.15, 0.2) is 17.3 Å². The highest BCUT2D eigenvalue weighted by Gasteiger charge is 2.40. The minimum atomic E-state index is -0.604. The molecule has 1 aliphatic heterocycles. The molecule has 0 radical (unpaired) electrons. The molecule has 8 heteroatoms. The van der Waals surface area contributed by atoms with Crippen molar-refractivity contribution in [1.29, 1.82) is 0 Å². The van der Waals surface area contributed by atoms with Gasteiger partial charge in [-0.3, -0.25) is 14.7 Å². The number of Topliss-reactive ketones (excluding diaryl/α,β-unsaturated/α-hetero) is 1. The molecule has 0 spiro atoms. The Balaban J connectivity index is 1.80.